The summed E-state index contributed by atoms with van der Waals surface area (Å²) in [6, 6.07) is 0. The van der Waals surface area contributed by atoms with Crippen molar-refractivity contribution >= 4 is 5.97 Å². The first-order valence-electron chi connectivity index (χ1n) is 5.38. The first kappa shape index (κ1) is 17.2. The van der Waals surface area contributed by atoms with Crippen LogP contribution >= 0.6 is 0 Å². The number of hydrogen-bond donors (Lipinski definition) is 3. The van der Waals surface area contributed by atoms with E-state index in [1.807, 2.05) is 0 Å². The fourth-order valence-electron chi connectivity index (χ4n) is 0.879. The topological polar surface area (TPSA) is 118 Å². The van der Waals surface area contributed by atoms with Gasteiger partial charge in [0.05, 0.1) is 58.1 Å². The summed E-state index contributed by atoms with van der Waals surface area (Å²) >= 11 is 0. The van der Waals surface area contributed by atoms with E-state index in [1.54, 1.807) is 0 Å². The van der Waals surface area contributed by atoms with Gasteiger partial charge in [-0.05, 0) is 0 Å². The van der Waals surface area contributed by atoms with Crippen molar-refractivity contribution in [1.82, 2.24) is 5.39 Å². The Morgan fingerprint density at radius 2 is 1.28 bits per heavy atom. The Bertz CT molecular complexity index is 201. The molecule has 0 heterocycles. The van der Waals surface area contributed by atoms with Gasteiger partial charge in [0.2, 0.25) is 0 Å². The molecule has 0 saturated heterocycles. The maximum atomic E-state index is 10.1. The third-order valence-electron chi connectivity index (χ3n) is 1.64. The number of ether oxygens (including phenoxy) is 3. The molecule has 0 amide bonds. The molecule has 0 aromatic rings. The number of carboxylic acid groups (broad SMARTS) is 1. The van der Waals surface area contributed by atoms with Gasteiger partial charge in [-0.2, -0.15) is 0 Å². The predicted molar refractivity (Wildman–Crippen MR) is 56.1 cm³/mol. The summed E-state index contributed by atoms with van der Waals surface area (Å²) in [6.07, 6.45) is -0.0180. The molecular formula is C9H19NO8. The van der Waals surface area contributed by atoms with Gasteiger partial charge in [-0.25, -0.2) is 4.84 Å². The van der Waals surface area contributed by atoms with E-state index < -0.39 is 5.97 Å². The minimum atomic E-state index is -0.893. The highest BCUT2D eigenvalue weighted by molar-refractivity contribution is 5.66. The molecule has 0 atom stereocenters. The van der Waals surface area contributed by atoms with Crippen LogP contribution in [0.3, 0.4) is 0 Å². The fourth-order valence-corrected chi connectivity index (χ4v) is 0.879. The van der Waals surface area contributed by atoms with Crippen LogP contribution in [-0.4, -0.2) is 73.1 Å². The summed E-state index contributed by atoms with van der Waals surface area (Å²) in [5.41, 5.74) is 0. The molecule has 0 bridgehead atoms. The second-order valence-electron chi connectivity index (χ2n) is 3.07. The third-order valence-corrected chi connectivity index (χ3v) is 1.64. The Morgan fingerprint density at radius 3 is 1.72 bits per heavy atom. The van der Waals surface area contributed by atoms with Crippen LogP contribution in [0.4, 0.5) is 0 Å². The van der Waals surface area contributed by atoms with Crippen LogP contribution in [0.5, 0.6) is 0 Å². The number of hydrogen-bond acceptors (Lipinski definition) is 8. The first-order valence-corrected chi connectivity index (χ1v) is 5.38. The van der Waals surface area contributed by atoms with Crippen molar-refractivity contribution in [2.75, 3.05) is 46.2 Å². The van der Waals surface area contributed by atoms with Crippen LogP contribution in [0.25, 0.3) is 0 Å². The molecule has 0 unspecified atom stereocenters. The summed E-state index contributed by atoms with van der Waals surface area (Å²) in [4.78, 5) is 14.4. The molecular weight excluding hydrogens is 250 g/mol. The van der Waals surface area contributed by atoms with E-state index in [2.05, 4.69) is 4.84 Å². The Morgan fingerprint density at radius 1 is 0.833 bits per heavy atom. The summed E-state index contributed by atoms with van der Waals surface area (Å²) < 4.78 is 15.1. The van der Waals surface area contributed by atoms with Crippen molar-refractivity contribution < 1.29 is 39.4 Å². The second kappa shape index (κ2) is 12.6. The zero-order valence-electron chi connectivity index (χ0n) is 9.99. The van der Waals surface area contributed by atoms with Crippen LogP contribution in [0.15, 0.2) is 0 Å². The lowest BCUT2D eigenvalue weighted by molar-refractivity contribution is -0.493. The van der Waals surface area contributed by atoms with E-state index in [-0.39, 0.29) is 31.6 Å². The Kier molecular flexibility index (Phi) is 12.1. The molecule has 0 radical (unpaired) electrons. The zero-order valence-corrected chi connectivity index (χ0v) is 9.99. The highest BCUT2D eigenvalue weighted by Gasteiger charge is 1.97. The maximum Gasteiger partial charge on any atom is 0.305 e. The second-order valence-corrected chi connectivity index (χ2v) is 3.07. The molecule has 0 aromatic heterocycles. The molecule has 3 N–H and O–H groups in total. The summed E-state index contributed by atoms with van der Waals surface area (Å²) in [5, 5.41) is 24.3. The van der Waals surface area contributed by atoms with Crippen LogP contribution in [0, 0.1) is 0 Å². The van der Waals surface area contributed by atoms with E-state index in [0.717, 1.165) is 0 Å². The van der Waals surface area contributed by atoms with Crippen molar-refractivity contribution in [3.8, 4) is 0 Å². The fraction of sp³-hybridized carbons (Fsp3) is 0.889. The van der Waals surface area contributed by atoms with Crippen molar-refractivity contribution in [1.29, 1.82) is 0 Å². The molecule has 108 valence electrons. The van der Waals surface area contributed by atoms with E-state index >= 15 is 0 Å². The minimum Gasteiger partial charge on any atom is -0.481 e. The SMILES string of the molecule is O=C(O)CCOCCOCCOCCON(O)O. The average molecular weight is 269 g/mol. The normalized spacial score (nSPS) is 11.1. The lowest BCUT2D eigenvalue weighted by Crippen LogP contribution is -2.18. The maximum absolute atomic E-state index is 10.1. The van der Waals surface area contributed by atoms with E-state index in [1.165, 1.54) is 0 Å². The van der Waals surface area contributed by atoms with Crippen molar-refractivity contribution in [2.24, 2.45) is 0 Å². The van der Waals surface area contributed by atoms with Crippen molar-refractivity contribution in [3.05, 3.63) is 0 Å². The number of carboxylic acids is 1. The lowest BCUT2D eigenvalue weighted by Gasteiger charge is -2.07. The average Bonchev–Trinajstić information content (AvgIpc) is 2.29. The Balaban J connectivity index is 2.97. The predicted octanol–water partition coefficient (Wildman–Crippen LogP) is -0.477. The molecule has 0 aliphatic carbocycles. The molecule has 9 heteroatoms. The number of aliphatic carboxylic acids is 1. The smallest absolute Gasteiger partial charge is 0.305 e. The Hall–Kier alpha value is -0.810. The van der Waals surface area contributed by atoms with E-state index in [4.69, 9.17) is 29.7 Å². The van der Waals surface area contributed by atoms with Gasteiger partial charge in [-0.1, -0.05) is 0 Å². The number of carbonyl (C=O) groups is 1. The molecule has 0 rings (SSSR count). The van der Waals surface area contributed by atoms with Gasteiger partial charge in [-0.3, -0.25) is 15.2 Å². The molecule has 0 aliphatic heterocycles. The van der Waals surface area contributed by atoms with Crippen molar-refractivity contribution in [2.45, 2.75) is 6.42 Å². The van der Waals surface area contributed by atoms with E-state index in [0.29, 0.717) is 26.4 Å². The van der Waals surface area contributed by atoms with Gasteiger partial charge in [0.1, 0.15) is 0 Å². The van der Waals surface area contributed by atoms with Gasteiger partial charge in [0.15, 0.2) is 0 Å². The molecule has 18 heavy (non-hydrogen) atoms. The van der Waals surface area contributed by atoms with Gasteiger partial charge in [-0.15, -0.1) is 0 Å². The molecule has 0 saturated carbocycles. The van der Waals surface area contributed by atoms with E-state index in [9.17, 15) is 4.79 Å². The zero-order chi connectivity index (χ0) is 13.6. The highest BCUT2D eigenvalue weighted by atomic mass is 17.1. The quantitative estimate of drug-likeness (QED) is 0.301. The van der Waals surface area contributed by atoms with Crippen LogP contribution in [0.2, 0.25) is 0 Å². The largest absolute Gasteiger partial charge is 0.481 e. The highest BCUT2D eigenvalue weighted by Crippen LogP contribution is 1.85. The Labute approximate surface area is 104 Å². The standard InChI is InChI=1S/C9H19NO8/c11-9(12)1-2-15-3-4-16-5-6-17-7-8-18-10(13)14/h13-14H,1-8H2,(H,11,12). The minimum absolute atomic E-state index is 0.0180. The van der Waals surface area contributed by atoms with Crippen molar-refractivity contribution in [3.63, 3.8) is 0 Å². The molecule has 0 aromatic carbocycles. The van der Waals surface area contributed by atoms with Crippen LogP contribution in [0.1, 0.15) is 6.42 Å². The molecule has 0 spiro atoms. The molecule has 0 fully saturated rings. The third kappa shape index (κ3) is 15.2. The summed E-state index contributed by atoms with van der Waals surface area (Å²) in [6.45, 7) is 1.80. The first-order chi connectivity index (χ1) is 8.63. The molecule has 0 aliphatic rings. The van der Waals surface area contributed by atoms with Crippen LogP contribution in [-0.2, 0) is 23.8 Å². The van der Waals surface area contributed by atoms with Gasteiger partial charge in [0.25, 0.3) is 0 Å². The summed E-state index contributed by atoms with van der Waals surface area (Å²) in [7, 11) is 0. The number of rotatable bonds is 13. The summed E-state index contributed by atoms with van der Waals surface area (Å²) in [5.74, 6) is -0.893. The van der Waals surface area contributed by atoms with Gasteiger partial charge >= 0.3 is 5.97 Å². The van der Waals surface area contributed by atoms with Gasteiger partial charge < -0.3 is 19.3 Å². The number of nitrogens with zero attached hydrogens (tertiary/aromatic N) is 1. The van der Waals surface area contributed by atoms with Crippen LogP contribution < -0.4 is 0 Å². The lowest BCUT2D eigenvalue weighted by atomic mass is 10.5. The monoisotopic (exact) mass is 269 g/mol. The van der Waals surface area contributed by atoms with Gasteiger partial charge in [0, 0.05) is 0 Å². The molecule has 9 nitrogen and oxygen atoms in total.